The molecule has 110 valence electrons. The van der Waals surface area contributed by atoms with E-state index in [1.807, 2.05) is 12.3 Å². The Morgan fingerprint density at radius 2 is 2.20 bits per heavy atom. The van der Waals surface area contributed by atoms with Crippen molar-refractivity contribution in [2.75, 3.05) is 33.7 Å². The van der Waals surface area contributed by atoms with E-state index in [4.69, 9.17) is 11.6 Å². The molecule has 1 aromatic rings. The summed E-state index contributed by atoms with van der Waals surface area (Å²) in [6.07, 6.45) is 0. The average Bonchev–Trinajstić information content (AvgIpc) is 2.77. The standard InChI is InChI=1S/C13H18ClN3O2S/c1-8-7-20-11(10(8)14)13(19)17-5-4-15-6-9(17)12(18)16(2)3/h7,9,15H,4-6H2,1-3H3. The quantitative estimate of drug-likeness (QED) is 0.892. The Labute approximate surface area is 127 Å². The molecule has 2 rings (SSSR count). The number of amides is 2. The van der Waals surface area contributed by atoms with E-state index in [2.05, 4.69) is 5.32 Å². The van der Waals surface area contributed by atoms with Gasteiger partial charge in [-0.25, -0.2) is 0 Å². The molecule has 0 spiro atoms. The van der Waals surface area contributed by atoms with Gasteiger partial charge in [0.05, 0.1) is 5.02 Å². The molecule has 1 aliphatic heterocycles. The molecule has 1 saturated heterocycles. The molecule has 1 N–H and O–H groups in total. The average molecular weight is 316 g/mol. The highest BCUT2D eigenvalue weighted by Gasteiger charge is 2.34. The first-order chi connectivity index (χ1) is 9.43. The minimum atomic E-state index is -0.468. The summed E-state index contributed by atoms with van der Waals surface area (Å²) in [7, 11) is 3.39. The van der Waals surface area contributed by atoms with Gasteiger partial charge in [-0.1, -0.05) is 11.6 Å². The molecule has 5 nitrogen and oxygen atoms in total. The summed E-state index contributed by atoms with van der Waals surface area (Å²) in [5.41, 5.74) is 0.894. The fourth-order valence-electron chi connectivity index (χ4n) is 2.17. The lowest BCUT2D eigenvalue weighted by molar-refractivity contribution is -0.134. The van der Waals surface area contributed by atoms with E-state index in [9.17, 15) is 9.59 Å². The topological polar surface area (TPSA) is 52.7 Å². The van der Waals surface area contributed by atoms with Crippen molar-refractivity contribution in [2.45, 2.75) is 13.0 Å². The predicted molar refractivity (Wildman–Crippen MR) is 80.5 cm³/mol. The molecule has 0 saturated carbocycles. The predicted octanol–water partition coefficient (Wildman–Crippen LogP) is 1.21. The highest BCUT2D eigenvalue weighted by atomic mass is 35.5. The number of halogens is 1. The third kappa shape index (κ3) is 2.82. The number of rotatable bonds is 2. The fraction of sp³-hybridized carbons (Fsp3) is 0.538. The van der Waals surface area contributed by atoms with Crippen LogP contribution in [-0.4, -0.2) is 61.4 Å². The lowest BCUT2D eigenvalue weighted by Gasteiger charge is -2.36. The number of carbonyl (C=O) groups excluding carboxylic acids is 2. The largest absolute Gasteiger partial charge is 0.347 e. The van der Waals surface area contributed by atoms with Gasteiger partial charge in [0, 0.05) is 33.7 Å². The number of hydrogen-bond donors (Lipinski definition) is 1. The second kappa shape index (κ2) is 6.11. The van der Waals surface area contributed by atoms with Crippen molar-refractivity contribution in [3.05, 3.63) is 20.8 Å². The van der Waals surface area contributed by atoms with E-state index in [1.165, 1.54) is 16.2 Å². The second-order valence-corrected chi connectivity index (χ2v) is 6.27. The molecule has 1 atom stereocenters. The van der Waals surface area contributed by atoms with Gasteiger partial charge in [0.25, 0.3) is 5.91 Å². The molecule has 1 aliphatic rings. The Morgan fingerprint density at radius 1 is 1.50 bits per heavy atom. The first-order valence-corrected chi connectivity index (χ1v) is 7.65. The van der Waals surface area contributed by atoms with Crippen LogP contribution < -0.4 is 5.32 Å². The van der Waals surface area contributed by atoms with Gasteiger partial charge in [0.1, 0.15) is 10.9 Å². The van der Waals surface area contributed by atoms with Crippen LogP contribution in [0.25, 0.3) is 0 Å². The fourth-order valence-corrected chi connectivity index (χ4v) is 3.40. The lowest BCUT2D eigenvalue weighted by atomic mass is 10.1. The van der Waals surface area contributed by atoms with Gasteiger partial charge in [-0.15, -0.1) is 11.3 Å². The third-order valence-corrected chi connectivity index (χ3v) is 5.01. The maximum Gasteiger partial charge on any atom is 0.266 e. The minimum Gasteiger partial charge on any atom is -0.347 e. The summed E-state index contributed by atoms with van der Waals surface area (Å²) in [6, 6.07) is -0.468. The Hall–Kier alpha value is -1.11. The van der Waals surface area contributed by atoms with Crippen molar-refractivity contribution in [2.24, 2.45) is 0 Å². The van der Waals surface area contributed by atoms with Gasteiger partial charge in [0.2, 0.25) is 5.91 Å². The van der Waals surface area contributed by atoms with Crippen molar-refractivity contribution < 1.29 is 9.59 Å². The van der Waals surface area contributed by atoms with Crippen molar-refractivity contribution in [1.29, 1.82) is 0 Å². The van der Waals surface area contributed by atoms with E-state index in [0.717, 1.165) is 5.56 Å². The number of likely N-dealkylation sites (N-methyl/N-ethyl adjacent to an activating group) is 1. The molecule has 0 radical (unpaired) electrons. The molecule has 2 heterocycles. The Kier molecular flexibility index (Phi) is 4.67. The molecule has 7 heteroatoms. The van der Waals surface area contributed by atoms with Gasteiger partial charge in [-0.3, -0.25) is 9.59 Å². The maximum atomic E-state index is 12.6. The maximum absolute atomic E-state index is 12.6. The molecule has 20 heavy (non-hydrogen) atoms. The number of carbonyl (C=O) groups is 2. The van der Waals surface area contributed by atoms with E-state index in [0.29, 0.717) is 29.5 Å². The lowest BCUT2D eigenvalue weighted by Crippen LogP contribution is -2.59. The summed E-state index contributed by atoms with van der Waals surface area (Å²) in [6.45, 7) is 3.54. The van der Waals surface area contributed by atoms with Crippen molar-refractivity contribution in [3.63, 3.8) is 0 Å². The first-order valence-electron chi connectivity index (χ1n) is 6.40. The summed E-state index contributed by atoms with van der Waals surface area (Å²) in [4.78, 5) is 28.5. The summed E-state index contributed by atoms with van der Waals surface area (Å²) in [5.74, 6) is -0.232. The number of piperazine rings is 1. The SMILES string of the molecule is Cc1csc(C(=O)N2CCNCC2C(=O)N(C)C)c1Cl. The van der Waals surface area contributed by atoms with Crippen molar-refractivity contribution in [1.82, 2.24) is 15.1 Å². The molecule has 1 aromatic heterocycles. The zero-order chi connectivity index (χ0) is 14.9. The van der Waals surface area contributed by atoms with Crippen LogP contribution >= 0.6 is 22.9 Å². The Morgan fingerprint density at radius 3 is 2.75 bits per heavy atom. The van der Waals surface area contributed by atoms with Crippen LogP contribution in [0.5, 0.6) is 0 Å². The van der Waals surface area contributed by atoms with Gasteiger partial charge in [-0.05, 0) is 17.9 Å². The van der Waals surface area contributed by atoms with Gasteiger partial charge >= 0.3 is 0 Å². The molecule has 0 aromatic carbocycles. The number of nitrogens with one attached hydrogen (secondary N) is 1. The van der Waals surface area contributed by atoms with Crippen LogP contribution in [0, 0.1) is 6.92 Å². The molecule has 1 fully saturated rings. The van der Waals surface area contributed by atoms with Crippen LogP contribution in [-0.2, 0) is 4.79 Å². The molecule has 0 aliphatic carbocycles. The van der Waals surface area contributed by atoms with Crippen LogP contribution in [0.3, 0.4) is 0 Å². The number of nitrogens with zero attached hydrogens (tertiary/aromatic N) is 2. The van der Waals surface area contributed by atoms with E-state index < -0.39 is 6.04 Å². The summed E-state index contributed by atoms with van der Waals surface area (Å²) in [5, 5.41) is 5.51. The molecular formula is C13H18ClN3O2S. The number of thiophene rings is 1. The molecule has 0 bridgehead atoms. The monoisotopic (exact) mass is 315 g/mol. The van der Waals surface area contributed by atoms with Crippen LogP contribution in [0.1, 0.15) is 15.2 Å². The Balaban J connectivity index is 2.26. The highest BCUT2D eigenvalue weighted by Crippen LogP contribution is 2.29. The van der Waals surface area contributed by atoms with E-state index in [1.54, 1.807) is 19.0 Å². The van der Waals surface area contributed by atoms with Crippen LogP contribution in [0.4, 0.5) is 0 Å². The summed E-state index contributed by atoms with van der Waals surface area (Å²) >= 11 is 7.50. The Bertz CT molecular complexity index is 530. The van der Waals surface area contributed by atoms with E-state index in [-0.39, 0.29) is 11.8 Å². The minimum absolute atomic E-state index is 0.0741. The third-order valence-electron chi connectivity index (χ3n) is 3.32. The summed E-state index contributed by atoms with van der Waals surface area (Å²) < 4.78 is 0. The van der Waals surface area contributed by atoms with Crippen LogP contribution in [0.2, 0.25) is 5.02 Å². The smallest absolute Gasteiger partial charge is 0.266 e. The van der Waals surface area contributed by atoms with E-state index >= 15 is 0 Å². The van der Waals surface area contributed by atoms with Crippen LogP contribution in [0.15, 0.2) is 5.38 Å². The molecule has 1 unspecified atom stereocenters. The van der Waals surface area contributed by atoms with Crippen molar-refractivity contribution >= 4 is 34.8 Å². The van der Waals surface area contributed by atoms with Gasteiger partial charge in [-0.2, -0.15) is 0 Å². The number of aryl methyl sites for hydroxylation is 1. The van der Waals surface area contributed by atoms with Crippen molar-refractivity contribution in [3.8, 4) is 0 Å². The normalized spacial score (nSPS) is 19.0. The first kappa shape index (κ1) is 15.3. The zero-order valence-corrected chi connectivity index (χ0v) is 13.3. The molecular weight excluding hydrogens is 298 g/mol. The highest BCUT2D eigenvalue weighted by molar-refractivity contribution is 7.13. The van der Waals surface area contributed by atoms with Gasteiger partial charge in [0.15, 0.2) is 0 Å². The molecule has 2 amide bonds. The second-order valence-electron chi connectivity index (χ2n) is 5.01. The number of hydrogen-bond acceptors (Lipinski definition) is 4. The van der Waals surface area contributed by atoms with Gasteiger partial charge < -0.3 is 15.1 Å². The zero-order valence-electron chi connectivity index (χ0n) is 11.8.